The Hall–Kier alpha value is -3.34. The van der Waals surface area contributed by atoms with Gasteiger partial charge in [0, 0.05) is 17.3 Å². The van der Waals surface area contributed by atoms with E-state index in [1.807, 2.05) is 30.5 Å². The molecule has 0 spiro atoms. The van der Waals surface area contributed by atoms with E-state index < -0.39 is 6.61 Å². The van der Waals surface area contributed by atoms with Gasteiger partial charge in [-0.05, 0) is 84.4 Å². The van der Waals surface area contributed by atoms with E-state index in [-0.39, 0.29) is 11.6 Å². The monoisotopic (exact) mass is 505 g/mol. The second kappa shape index (κ2) is 13.3. The quantitative estimate of drug-likeness (QED) is 0.170. The van der Waals surface area contributed by atoms with Crippen LogP contribution in [-0.2, 0) is 32.1 Å². The van der Waals surface area contributed by atoms with Gasteiger partial charge in [-0.3, -0.25) is 4.98 Å². The van der Waals surface area contributed by atoms with Crippen LogP contribution in [0.5, 0.6) is 5.75 Å². The van der Waals surface area contributed by atoms with E-state index in [0.29, 0.717) is 23.8 Å². The largest absolute Gasteiger partial charge is 0.435 e. The van der Waals surface area contributed by atoms with Crippen molar-refractivity contribution in [2.75, 3.05) is 0 Å². The van der Waals surface area contributed by atoms with Crippen molar-refractivity contribution in [2.45, 2.75) is 71.3 Å². The van der Waals surface area contributed by atoms with Crippen molar-refractivity contribution < 1.29 is 17.9 Å². The number of nitrogens with zero attached hydrogens (tertiary/aromatic N) is 1. The lowest BCUT2D eigenvalue weighted by Crippen LogP contribution is -2.02. The summed E-state index contributed by atoms with van der Waals surface area (Å²) >= 11 is 0. The molecule has 4 rings (SSSR count). The number of aryl methyl sites for hydroxylation is 5. The summed E-state index contributed by atoms with van der Waals surface area (Å²) in [4.78, 5) is 4.64. The first kappa shape index (κ1) is 26.7. The zero-order valence-electron chi connectivity index (χ0n) is 21.4. The van der Waals surface area contributed by atoms with Gasteiger partial charge < -0.3 is 4.74 Å². The van der Waals surface area contributed by atoms with Crippen LogP contribution in [0.25, 0.3) is 10.8 Å². The summed E-state index contributed by atoms with van der Waals surface area (Å²) in [7, 11) is 0. The molecule has 194 valence electrons. The summed E-state index contributed by atoms with van der Waals surface area (Å²) in [5.41, 5.74) is 5.13. The molecule has 0 amide bonds. The van der Waals surface area contributed by atoms with E-state index >= 15 is 4.39 Å². The number of aromatic nitrogens is 1. The Kier molecular flexibility index (Phi) is 9.58. The number of ether oxygens (including phenoxy) is 1. The smallest absolute Gasteiger partial charge is 0.387 e. The normalized spacial score (nSPS) is 11.4. The van der Waals surface area contributed by atoms with Gasteiger partial charge in [0.2, 0.25) is 0 Å². The van der Waals surface area contributed by atoms with Crippen LogP contribution < -0.4 is 4.74 Å². The fourth-order valence-electron chi connectivity index (χ4n) is 4.63. The summed E-state index contributed by atoms with van der Waals surface area (Å²) < 4.78 is 44.2. The molecule has 2 nitrogen and oxygen atoms in total. The lowest BCUT2D eigenvalue weighted by Gasteiger charge is -2.10. The Morgan fingerprint density at radius 1 is 0.730 bits per heavy atom. The molecule has 0 aliphatic carbocycles. The molecule has 0 aliphatic heterocycles. The van der Waals surface area contributed by atoms with Crippen molar-refractivity contribution in [1.82, 2.24) is 4.98 Å². The molecular weight excluding hydrogens is 471 g/mol. The number of halogens is 3. The Balaban J connectivity index is 1.33. The topological polar surface area (TPSA) is 22.1 Å². The molecule has 4 aromatic rings. The van der Waals surface area contributed by atoms with Gasteiger partial charge >= 0.3 is 6.61 Å². The first-order chi connectivity index (χ1) is 18.0. The highest BCUT2D eigenvalue weighted by Gasteiger charge is 2.10. The lowest BCUT2D eigenvalue weighted by molar-refractivity contribution is -0.0498. The van der Waals surface area contributed by atoms with E-state index in [4.69, 9.17) is 0 Å². The average Bonchev–Trinajstić information content (AvgIpc) is 2.91. The van der Waals surface area contributed by atoms with Crippen LogP contribution in [-0.4, -0.2) is 11.6 Å². The van der Waals surface area contributed by atoms with Crippen LogP contribution in [0.1, 0.15) is 60.6 Å². The minimum absolute atomic E-state index is 0.122. The van der Waals surface area contributed by atoms with E-state index in [1.54, 1.807) is 12.1 Å². The van der Waals surface area contributed by atoms with Crippen LogP contribution in [0.3, 0.4) is 0 Å². The van der Waals surface area contributed by atoms with Gasteiger partial charge in [-0.25, -0.2) is 4.39 Å². The van der Waals surface area contributed by atoms with E-state index in [9.17, 15) is 8.78 Å². The number of hydrogen-bond donors (Lipinski definition) is 0. The highest BCUT2D eigenvalue weighted by Crippen LogP contribution is 2.25. The maximum Gasteiger partial charge on any atom is 0.387 e. The molecule has 1 aromatic heterocycles. The minimum atomic E-state index is -2.84. The molecule has 0 saturated carbocycles. The third-order valence-corrected chi connectivity index (χ3v) is 6.80. The van der Waals surface area contributed by atoms with Gasteiger partial charge in [-0.1, -0.05) is 74.7 Å². The van der Waals surface area contributed by atoms with Crippen LogP contribution in [0.15, 0.2) is 72.9 Å². The zero-order chi connectivity index (χ0) is 26.0. The summed E-state index contributed by atoms with van der Waals surface area (Å²) in [6, 6.07) is 20.6. The number of unbranched alkanes of at least 4 members (excludes halogenated alkanes) is 3. The third kappa shape index (κ3) is 7.82. The molecule has 3 aromatic carbocycles. The number of hydrogen-bond acceptors (Lipinski definition) is 2. The number of rotatable bonds is 13. The van der Waals surface area contributed by atoms with Crippen LogP contribution in [0.4, 0.5) is 13.2 Å². The molecule has 0 aliphatic rings. The molecule has 0 atom stereocenters. The standard InChI is InChI=1S/C32H34F3NO/c1-2-3-4-5-6-25-9-17-28(36-22-25)16-8-24-12-20-30-27(21-24)15-14-26(31(30)33)13-7-23-10-18-29(19-11-23)37-32(34)35/h9-12,14-15,17-22,32H,2-8,13,16H2,1H3. The maximum absolute atomic E-state index is 15.2. The molecule has 37 heavy (non-hydrogen) atoms. The fourth-order valence-corrected chi connectivity index (χ4v) is 4.63. The maximum atomic E-state index is 15.2. The first-order valence-electron chi connectivity index (χ1n) is 13.2. The predicted octanol–water partition coefficient (Wildman–Crippen LogP) is 8.67. The van der Waals surface area contributed by atoms with Crippen molar-refractivity contribution in [3.63, 3.8) is 0 Å². The third-order valence-electron chi connectivity index (χ3n) is 6.80. The Bertz CT molecular complexity index is 1270. The molecular formula is C32H34F3NO. The summed E-state index contributed by atoms with van der Waals surface area (Å²) in [6.45, 7) is -0.616. The van der Waals surface area contributed by atoms with Crippen molar-refractivity contribution in [1.29, 1.82) is 0 Å². The molecule has 1 heterocycles. The Morgan fingerprint density at radius 3 is 2.22 bits per heavy atom. The van der Waals surface area contributed by atoms with Crippen LogP contribution in [0, 0.1) is 5.82 Å². The molecule has 0 radical (unpaired) electrons. The number of pyridine rings is 1. The number of alkyl halides is 2. The van der Waals surface area contributed by atoms with Gasteiger partial charge in [0.25, 0.3) is 0 Å². The second-order valence-electron chi connectivity index (χ2n) is 9.59. The first-order valence-corrected chi connectivity index (χ1v) is 13.2. The van der Waals surface area contributed by atoms with E-state index in [2.05, 4.69) is 34.8 Å². The number of benzene rings is 3. The Labute approximate surface area is 217 Å². The lowest BCUT2D eigenvalue weighted by atomic mass is 9.98. The van der Waals surface area contributed by atoms with E-state index in [0.717, 1.165) is 41.5 Å². The highest BCUT2D eigenvalue weighted by atomic mass is 19.3. The predicted molar refractivity (Wildman–Crippen MR) is 144 cm³/mol. The van der Waals surface area contributed by atoms with Crippen molar-refractivity contribution >= 4 is 10.8 Å². The summed E-state index contributed by atoms with van der Waals surface area (Å²) in [6.07, 6.45) is 11.0. The summed E-state index contributed by atoms with van der Waals surface area (Å²) in [5, 5.41) is 1.51. The molecule has 0 saturated heterocycles. The minimum Gasteiger partial charge on any atom is -0.435 e. The van der Waals surface area contributed by atoms with E-state index in [1.165, 1.54) is 43.4 Å². The van der Waals surface area contributed by atoms with Crippen LogP contribution >= 0.6 is 0 Å². The van der Waals surface area contributed by atoms with Gasteiger partial charge in [-0.15, -0.1) is 0 Å². The van der Waals surface area contributed by atoms with Crippen molar-refractivity contribution in [2.24, 2.45) is 0 Å². The fraction of sp³-hybridized carbons (Fsp3) is 0.344. The highest BCUT2D eigenvalue weighted by molar-refractivity contribution is 5.84. The molecule has 0 bridgehead atoms. The molecule has 0 unspecified atom stereocenters. The zero-order valence-corrected chi connectivity index (χ0v) is 21.4. The van der Waals surface area contributed by atoms with Crippen LogP contribution in [0.2, 0.25) is 0 Å². The second-order valence-corrected chi connectivity index (χ2v) is 9.59. The van der Waals surface area contributed by atoms with Gasteiger partial charge in [0.05, 0.1) is 0 Å². The van der Waals surface area contributed by atoms with Gasteiger partial charge in [-0.2, -0.15) is 8.78 Å². The van der Waals surface area contributed by atoms with Crippen molar-refractivity contribution in [3.8, 4) is 5.75 Å². The SMILES string of the molecule is CCCCCCc1ccc(CCc2ccc3c(F)c(CCc4ccc(OC(F)F)cc4)ccc3c2)nc1. The Morgan fingerprint density at radius 2 is 1.49 bits per heavy atom. The van der Waals surface area contributed by atoms with Gasteiger partial charge in [0.1, 0.15) is 11.6 Å². The number of fused-ring (bicyclic) bond motifs is 1. The van der Waals surface area contributed by atoms with Gasteiger partial charge in [0.15, 0.2) is 0 Å². The van der Waals surface area contributed by atoms with Crippen molar-refractivity contribution in [3.05, 3.63) is 107 Å². The molecule has 5 heteroatoms. The molecule has 0 fully saturated rings. The molecule has 0 N–H and O–H groups in total. The summed E-state index contributed by atoms with van der Waals surface area (Å²) in [5.74, 6) is -0.0741. The average molecular weight is 506 g/mol.